The lowest BCUT2D eigenvalue weighted by atomic mass is 10.1. The van der Waals surface area contributed by atoms with E-state index in [9.17, 15) is 4.79 Å². The first-order valence-electron chi connectivity index (χ1n) is 13.7. The lowest BCUT2D eigenvalue weighted by Gasteiger charge is -2.17. The first-order valence-corrected chi connectivity index (χ1v) is 13.7. The van der Waals surface area contributed by atoms with E-state index in [-0.39, 0.29) is 11.9 Å². The number of benzene rings is 2. The fourth-order valence-electron chi connectivity index (χ4n) is 4.23. The quantitative estimate of drug-likeness (QED) is 0.189. The molecular weight excluding hydrogens is 496 g/mol. The van der Waals surface area contributed by atoms with E-state index in [0.29, 0.717) is 68.8 Å². The van der Waals surface area contributed by atoms with E-state index >= 15 is 0 Å². The van der Waals surface area contributed by atoms with E-state index in [1.807, 2.05) is 48.5 Å². The van der Waals surface area contributed by atoms with Gasteiger partial charge in [0.05, 0.1) is 26.4 Å². The Morgan fingerprint density at radius 3 is 2.10 bits per heavy atom. The molecule has 1 amide bonds. The highest BCUT2D eigenvalue weighted by molar-refractivity contribution is 5.94. The van der Waals surface area contributed by atoms with Crippen molar-refractivity contribution < 1.29 is 19.0 Å². The third-order valence-corrected chi connectivity index (χ3v) is 6.23. The predicted octanol–water partition coefficient (Wildman–Crippen LogP) is 4.67. The Labute approximate surface area is 229 Å². The molecule has 208 valence electrons. The zero-order chi connectivity index (χ0) is 27.0. The summed E-state index contributed by atoms with van der Waals surface area (Å²) in [5.74, 6) is 1.50. The molecule has 0 atom stereocenters. The van der Waals surface area contributed by atoms with Gasteiger partial charge in [0.1, 0.15) is 5.75 Å². The lowest BCUT2D eigenvalue weighted by Crippen LogP contribution is -2.27. The van der Waals surface area contributed by atoms with Gasteiger partial charge in [0, 0.05) is 24.7 Å². The van der Waals surface area contributed by atoms with Crippen molar-refractivity contribution in [2.45, 2.75) is 44.6 Å². The van der Waals surface area contributed by atoms with Gasteiger partial charge >= 0.3 is 6.01 Å². The molecule has 4 rings (SSSR count). The maximum atomic E-state index is 12.0. The Bertz CT molecular complexity index is 1110. The third kappa shape index (κ3) is 10.5. The van der Waals surface area contributed by atoms with Crippen molar-refractivity contribution in [1.29, 1.82) is 0 Å². The molecule has 3 N–H and O–H groups in total. The average molecular weight is 535 g/mol. The molecule has 1 heterocycles. The number of anilines is 2. The molecule has 0 bridgehead atoms. The van der Waals surface area contributed by atoms with Gasteiger partial charge in [-0.15, -0.1) is 0 Å². The van der Waals surface area contributed by atoms with Crippen molar-refractivity contribution in [2.75, 3.05) is 50.2 Å². The van der Waals surface area contributed by atoms with Crippen LogP contribution in [0, 0.1) is 0 Å². The molecule has 0 saturated heterocycles. The van der Waals surface area contributed by atoms with Crippen LogP contribution >= 0.6 is 0 Å². The number of carbonyl (C=O) groups excluding carboxylic acids is 1. The number of carbonyl (C=O) groups is 1. The average Bonchev–Trinajstić information content (AvgIpc) is 3.23. The Kier molecular flexibility index (Phi) is 11.8. The zero-order valence-electron chi connectivity index (χ0n) is 22.3. The van der Waals surface area contributed by atoms with E-state index < -0.39 is 0 Å². The zero-order valence-corrected chi connectivity index (χ0v) is 22.3. The van der Waals surface area contributed by atoms with Gasteiger partial charge < -0.3 is 30.2 Å². The van der Waals surface area contributed by atoms with Crippen LogP contribution < -0.4 is 20.7 Å². The number of nitrogens with one attached hydrogen (secondary N) is 3. The van der Waals surface area contributed by atoms with Crippen LogP contribution in [-0.2, 0) is 9.47 Å². The minimum Gasteiger partial charge on any atom is -0.424 e. The second-order valence-electron chi connectivity index (χ2n) is 9.29. The van der Waals surface area contributed by atoms with Crippen LogP contribution in [0.15, 0.2) is 60.7 Å². The van der Waals surface area contributed by atoms with Crippen LogP contribution in [-0.4, -0.2) is 66.4 Å². The van der Waals surface area contributed by atoms with Crippen LogP contribution in [0.4, 0.5) is 11.9 Å². The molecule has 1 aliphatic rings. The van der Waals surface area contributed by atoms with Crippen molar-refractivity contribution in [3.8, 4) is 11.8 Å². The second kappa shape index (κ2) is 16.3. The Hall–Kier alpha value is -3.76. The van der Waals surface area contributed by atoms with Crippen molar-refractivity contribution in [3.63, 3.8) is 0 Å². The number of hydrogen-bond donors (Lipinski definition) is 3. The number of nitrogens with zero attached hydrogens (tertiary/aromatic N) is 3. The Morgan fingerprint density at radius 2 is 1.38 bits per heavy atom. The molecule has 0 unspecified atom stereocenters. The predicted molar refractivity (Wildman–Crippen MR) is 150 cm³/mol. The topological polar surface area (TPSA) is 120 Å². The van der Waals surface area contributed by atoms with E-state index in [2.05, 4.69) is 30.9 Å². The number of aromatic nitrogens is 3. The minimum absolute atomic E-state index is 0.107. The lowest BCUT2D eigenvalue weighted by molar-refractivity contribution is 0.0519. The summed E-state index contributed by atoms with van der Waals surface area (Å²) in [5.41, 5.74) is 0.637. The van der Waals surface area contributed by atoms with Gasteiger partial charge in [-0.1, -0.05) is 62.1 Å². The molecule has 1 fully saturated rings. The van der Waals surface area contributed by atoms with E-state index in [4.69, 9.17) is 14.2 Å². The Morgan fingerprint density at radius 1 is 0.744 bits per heavy atom. The normalized spacial score (nSPS) is 13.8. The first-order chi connectivity index (χ1) is 19.3. The summed E-state index contributed by atoms with van der Waals surface area (Å²) >= 11 is 0. The second-order valence-corrected chi connectivity index (χ2v) is 9.29. The summed E-state index contributed by atoms with van der Waals surface area (Å²) in [6, 6.07) is 19.2. The highest BCUT2D eigenvalue weighted by Crippen LogP contribution is 2.23. The number of amides is 1. The van der Waals surface area contributed by atoms with Crippen molar-refractivity contribution >= 4 is 17.8 Å². The van der Waals surface area contributed by atoms with Crippen LogP contribution in [0.25, 0.3) is 0 Å². The van der Waals surface area contributed by atoms with Crippen LogP contribution in [0.1, 0.15) is 48.9 Å². The number of ether oxygens (including phenoxy) is 3. The van der Waals surface area contributed by atoms with Crippen molar-refractivity contribution in [1.82, 2.24) is 20.3 Å². The summed E-state index contributed by atoms with van der Waals surface area (Å²) in [4.78, 5) is 25.5. The minimum atomic E-state index is -0.107. The number of rotatable bonds is 15. The molecule has 39 heavy (non-hydrogen) atoms. The van der Waals surface area contributed by atoms with Gasteiger partial charge in [0.2, 0.25) is 11.9 Å². The largest absolute Gasteiger partial charge is 0.424 e. The fourth-order valence-corrected chi connectivity index (χ4v) is 4.23. The maximum Gasteiger partial charge on any atom is 0.328 e. The monoisotopic (exact) mass is 534 g/mol. The molecule has 3 aromatic rings. The van der Waals surface area contributed by atoms with Gasteiger partial charge in [-0.2, -0.15) is 15.0 Å². The van der Waals surface area contributed by atoms with Crippen molar-refractivity contribution in [2.24, 2.45) is 0 Å². The molecule has 0 aliphatic heterocycles. The highest BCUT2D eigenvalue weighted by Gasteiger charge is 2.15. The molecule has 10 heteroatoms. The Balaban J connectivity index is 1.16. The van der Waals surface area contributed by atoms with Crippen LogP contribution in [0.3, 0.4) is 0 Å². The van der Waals surface area contributed by atoms with Crippen LogP contribution in [0.2, 0.25) is 0 Å². The first kappa shape index (κ1) is 28.3. The summed E-state index contributed by atoms with van der Waals surface area (Å²) in [6.45, 7) is 2.73. The molecular formula is C29H38N6O4. The third-order valence-electron chi connectivity index (χ3n) is 6.23. The standard InChI is InChI=1S/C29H38N6O4/c36-26(23-11-5-3-6-12-23)30-17-19-37-21-22-38-20-18-31-27-33-28(32-24-13-7-1-2-8-14-24)35-29(34-27)39-25-15-9-4-10-16-25/h3-6,9-12,15-16,24H,1-2,7-8,13-14,17-22H2,(H,30,36)(H2,31,32,33,34,35). The smallest absolute Gasteiger partial charge is 0.328 e. The summed E-state index contributed by atoms with van der Waals surface area (Å²) in [6.07, 6.45) is 7.20. The summed E-state index contributed by atoms with van der Waals surface area (Å²) < 4.78 is 17.1. The van der Waals surface area contributed by atoms with Gasteiger partial charge in [-0.25, -0.2) is 0 Å². The molecule has 1 aliphatic carbocycles. The van der Waals surface area contributed by atoms with E-state index in [1.165, 1.54) is 25.7 Å². The van der Waals surface area contributed by atoms with Crippen LogP contribution in [0.5, 0.6) is 11.8 Å². The molecule has 1 aromatic heterocycles. The maximum absolute atomic E-state index is 12.0. The molecule has 2 aromatic carbocycles. The summed E-state index contributed by atoms with van der Waals surface area (Å²) in [7, 11) is 0. The highest BCUT2D eigenvalue weighted by atomic mass is 16.5. The van der Waals surface area contributed by atoms with Gasteiger partial charge in [-0.3, -0.25) is 4.79 Å². The number of para-hydroxylation sites is 1. The van der Waals surface area contributed by atoms with Crippen molar-refractivity contribution in [3.05, 3.63) is 66.2 Å². The van der Waals surface area contributed by atoms with E-state index in [0.717, 1.165) is 12.8 Å². The fraction of sp³-hybridized carbons (Fsp3) is 0.448. The molecule has 10 nitrogen and oxygen atoms in total. The summed E-state index contributed by atoms with van der Waals surface area (Å²) in [5, 5.41) is 9.52. The molecule has 0 radical (unpaired) electrons. The molecule has 0 spiro atoms. The van der Waals surface area contributed by atoms with Gasteiger partial charge in [0.15, 0.2) is 0 Å². The SMILES string of the molecule is O=C(NCCOCCOCCNc1nc(NC2CCCCCC2)nc(Oc2ccccc2)n1)c1ccccc1. The van der Waals surface area contributed by atoms with Gasteiger partial charge in [-0.05, 0) is 37.1 Å². The van der Waals surface area contributed by atoms with E-state index in [1.54, 1.807) is 12.1 Å². The number of hydrogen-bond acceptors (Lipinski definition) is 9. The van der Waals surface area contributed by atoms with Gasteiger partial charge in [0.25, 0.3) is 5.91 Å². The molecule has 1 saturated carbocycles.